The second kappa shape index (κ2) is 16.0. The van der Waals surface area contributed by atoms with Crippen molar-refractivity contribution >= 4 is 0 Å². The van der Waals surface area contributed by atoms with E-state index in [1.54, 1.807) is 21.0 Å². The van der Waals surface area contributed by atoms with E-state index in [1.165, 1.54) is 0 Å². The molecule has 0 spiro atoms. The molecule has 0 rings (SSSR count). The van der Waals surface area contributed by atoms with Gasteiger partial charge in [0.2, 0.25) is 0 Å². The topological polar surface area (TPSA) is 17.1 Å². The number of rotatable bonds is 0. The maximum absolute atomic E-state index is 8.06. The Kier molecular flexibility index (Phi) is 35.8. The average Bonchev–Trinajstić information content (AvgIpc) is 1.41. The molecular formula is C5H12AgO-2. The Balaban J connectivity index is -0.0000000480. The fourth-order valence-corrected chi connectivity index (χ4v) is 0. The van der Waals surface area contributed by atoms with Crippen LogP contribution in [-0.2, 0) is 24.3 Å². The van der Waals surface area contributed by atoms with E-state index in [-0.39, 0.29) is 7.43 Å². The summed E-state index contributed by atoms with van der Waals surface area (Å²) in [6.07, 6.45) is 0. The second-order valence-electron chi connectivity index (χ2n) is 1.39. The zero-order chi connectivity index (χ0) is 5.58. The molecule has 0 bridgehead atoms. The first-order valence-corrected chi connectivity index (χ1v) is 2.29. The van der Waals surface area contributed by atoms with E-state index in [0.717, 1.165) is 0 Å². The van der Waals surface area contributed by atoms with Crippen LogP contribution in [0.15, 0.2) is 0 Å². The van der Waals surface area contributed by atoms with Gasteiger partial charge in [-0.2, -0.15) is 5.92 Å². The van der Waals surface area contributed by atoms with Gasteiger partial charge in [0.15, 0.2) is 0 Å². The Hall–Kier alpha value is 0.540. The second-order valence-corrected chi connectivity index (χ2v) is 1.39. The molecule has 2 heteroatoms. The summed E-state index contributed by atoms with van der Waals surface area (Å²) in [5, 5.41) is 0. The Morgan fingerprint density at radius 3 is 1.43 bits per heavy atom. The molecule has 0 heterocycles. The minimum atomic E-state index is 0. The van der Waals surface area contributed by atoms with Crippen molar-refractivity contribution in [3.05, 3.63) is 14.4 Å². The molecule has 0 aromatic rings. The average molecular weight is 196 g/mol. The molecule has 0 aliphatic rings. The summed E-state index contributed by atoms with van der Waals surface area (Å²) in [7, 11) is 0. The van der Waals surface area contributed by atoms with E-state index < -0.39 is 0 Å². The third-order valence-electron chi connectivity index (χ3n) is 0. The predicted molar refractivity (Wildman–Crippen MR) is 27.3 cm³/mol. The zero-order valence-electron chi connectivity index (χ0n) is 4.99. The molecule has 0 saturated carbocycles. The van der Waals surface area contributed by atoms with Crippen molar-refractivity contribution in [3.63, 3.8) is 0 Å². The van der Waals surface area contributed by atoms with Gasteiger partial charge >= 0.3 is 24.3 Å². The summed E-state index contributed by atoms with van der Waals surface area (Å²) in [4.78, 5) is 0. The van der Waals surface area contributed by atoms with Crippen LogP contribution in [-0.4, -0.2) is 0 Å². The van der Waals surface area contributed by atoms with Gasteiger partial charge in [-0.25, -0.2) is 0 Å². The molecule has 0 aromatic carbocycles. The van der Waals surface area contributed by atoms with Gasteiger partial charge in [0, 0.05) is 0 Å². The van der Waals surface area contributed by atoms with Gasteiger partial charge in [0.05, 0.1) is 0 Å². The van der Waals surface area contributed by atoms with Crippen LogP contribution in [0.4, 0.5) is 0 Å². The molecule has 51 valence electrons. The number of hydrogen-bond acceptors (Lipinski definition) is 1. The number of hydrogen-bond donors (Lipinski definition) is 0. The summed E-state index contributed by atoms with van der Waals surface area (Å²) < 4.78 is 8.06. The van der Waals surface area contributed by atoms with Crippen molar-refractivity contribution in [1.82, 2.24) is 0 Å². The van der Waals surface area contributed by atoms with Crippen LogP contribution in [0.5, 0.6) is 0 Å². The quantitative estimate of drug-likeness (QED) is 0.426. The van der Waals surface area contributed by atoms with E-state index in [0.29, 0.717) is 5.92 Å². The van der Waals surface area contributed by atoms with Gasteiger partial charge in [-0.15, -0.1) is 0 Å². The van der Waals surface area contributed by atoms with Crippen LogP contribution < -0.4 is 0 Å². The third-order valence-corrected chi connectivity index (χ3v) is 0. The van der Waals surface area contributed by atoms with Crippen LogP contribution in [0.3, 0.4) is 0 Å². The Bertz CT molecular complexity index is 19.3. The van der Waals surface area contributed by atoms with E-state index in [4.69, 9.17) is 3.25 Å². The molecule has 0 fully saturated rings. The predicted octanol–water partition coefficient (Wildman–Crippen LogP) is 1.81. The molecule has 0 aliphatic carbocycles. The summed E-state index contributed by atoms with van der Waals surface area (Å²) in [6.45, 7) is 7.75. The van der Waals surface area contributed by atoms with Gasteiger partial charge in [0.25, 0.3) is 0 Å². The Labute approximate surface area is 58.8 Å². The van der Waals surface area contributed by atoms with Crippen molar-refractivity contribution in [2.75, 3.05) is 0 Å². The SMILES string of the molecule is [CH2-]C(C)C.[CH3-].[O]=[Ag]. The fraction of sp³-hybridized carbons (Fsp3) is 0.600. The van der Waals surface area contributed by atoms with Crippen LogP contribution in [0, 0.1) is 20.3 Å². The van der Waals surface area contributed by atoms with Crippen LogP contribution in [0.25, 0.3) is 0 Å². The Morgan fingerprint density at radius 1 is 1.43 bits per heavy atom. The zero-order valence-corrected chi connectivity index (χ0v) is 6.48. The van der Waals surface area contributed by atoms with E-state index in [2.05, 4.69) is 20.8 Å². The van der Waals surface area contributed by atoms with E-state index >= 15 is 0 Å². The fourth-order valence-electron chi connectivity index (χ4n) is 0. The van der Waals surface area contributed by atoms with Gasteiger partial charge in [-0.3, -0.25) is 0 Å². The summed E-state index contributed by atoms with van der Waals surface area (Å²) in [5.41, 5.74) is 0. The normalized spacial score (nSPS) is 6.00. The van der Waals surface area contributed by atoms with Crippen LogP contribution in [0.1, 0.15) is 13.8 Å². The van der Waals surface area contributed by atoms with Gasteiger partial charge < -0.3 is 14.4 Å². The molecular weight excluding hydrogens is 184 g/mol. The van der Waals surface area contributed by atoms with Crippen LogP contribution >= 0.6 is 0 Å². The molecule has 0 aliphatic heterocycles. The van der Waals surface area contributed by atoms with E-state index in [9.17, 15) is 0 Å². The summed E-state index contributed by atoms with van der Waals surface area (Å²) in [6, 6.07) is 0. The standard InChI is InChI=1S/C4H9.CH3.Ag.O/c1-4(2)3;;;/h4H,1H2,2-3H3;1H3;;/q2*-1;;. The monoisotopic (exact) mass is 195 g/mol. The minimum absolute atomic E-state index is 0. The van der Waals surface area contributed by atoms with Crippen LogP contribution in [0.2, 0.25) is 0 Å². The molecule has 0 unspecified atom stereocenters. The summed E-state index contributed by atoms with van der Waals surface area (Å²) >= 11 is 1.70. The maximum atomic E-state index is 8.06. The first-order valence-electron chi connectivity index (χ1n) is 1.69. The van der Waals surface area contributed by atoms with E-state index in [1.807, 2.05) is 0 Å². The van der Waals surface area contributed by atoms with Gasteiger partial charge in [-0.05, 0) is 0 Å². The first kappa shape index (κ1) is 15.6. The van der Waals surface area contributed by atoms with Crippen molar-refractivity contribution in [2.45, 2.75) is 13.8 Å². The Morgan fingerprint density at radius 2 is 1.43 bits per heavy atom. The van der Waals surface area contributed by atoms with Gasteiger partial charge in [0.1, 0.15) is 0 Å². The third kappa shape index (κ3) is 462. The van der Waals surface area contributed by atoms with Crippen molar-refractivity contribution in [2.24, 2.45) is 5.92 Å². The first-order chi connectivity index (χ1) is 2.73. The summed E-state index contributed by atoms with van der Waals surface area (Å²) in [5.74, 6) is 0.583. The van der Waals surface area contributed by atoms with Crippen molar-refractivity contribution in [3.8, 4) is 0 Å². The van der Waals surface area contributed by atoms with Gasteiger partial charge in [-0.1, -0.05) is 13.8 Å². The molecule has 0 aromatic heterocycles. The molecule has 7 heavy (non-hydrogen) atoms. The molecule has 1 nitrogen and oxygen atoms in total. The molecule has 0 saturated heterocycles. The molecule has 0 radical (unpaired) electrons. The van der Waals surface area contributed by atoms with Crippen molar-refractivity contribution in [1.29, 1.82) is 0 Å². The van der Waals surface area contributed by atoms with Crippen molar-refractivity contribution < 1.29 is 24.3 Å². The molecule has 0 atom stereocenters. The molecule has 0 N–H and O–H groups in total. The molecule has 0 amide bonds.